The van der Waals surface area contributed by atoms with E-state index in [1.165, 1.54) is 0 Å². The van der Waals surface area contributed by atoms with Crippen LogP contribution in [0.15, 0.2) is 24.5 Å². The number of nitrogens with one attached hydrogen (secondary N) is 1. The van der Waals surface area contributed by atoms with Crippen LogP contribution in [0, 0.1) is 0 Å². The summed E-state index contributed by atoms with van der Waals surface area (Å²) in [7, 11) is 0. The fourth-order valence-corrected chi connectivity index (χ4v) is 0.278. The molecule has 0 aliphatic rings. The summed E-state index contributed by atoms with van der Waals surface area (Å²) in [5.74, 6) is 0. The Morgan fingerprint density at radius 2 is 1.50 bits per heavy atom. The summed E-state index contributed by atoms with van der Waals surface area (Å²) < 4.78 is 0. The van der Waals surface area contributed by atoms with E-state index in [0.29, 0.717) is 0 Å². The minimum atomic E-state index is 0. The third-order valence-electron chi connectivity index (χ3n) is 0.496. The molecule has 0 radical (unpaired) electrons. The largest absolute Gasteiger partial charge is 1.00 e. The Labute approximate surface area is 79.6 Å². The zero-order valence-electron chi connectivity index (χ0n) is 3.81. The first-order valence-corrected chi connectivity index (χ1v) is 1.58. The zero-order valence-corrected chi connectivity index (χ0v) is 6.93. The van der Waals surface area contributed by atoms with E-state index < -0.39 is 0 Å². The molecular weight excluding hydrogens is 101 g/mol. The summed E-state index contributed by atoms with van der Waals surface area (Å²) in [6.45, 7) is 0. The Morgan fingerprint density at radius 1 is 1.00 bits per heavy atom. The second-order valence-electron chi connectivity index (χ2n) is 0.885. The van der Waals surface area contributed by atoms with E-state index in [9.17, 15) is 0 Å². The summed E-state index contributed by atoms with van der Waals surface area (Å²) >= 11 is 0. The van der Waals surface area contributed by atoms with Crippen molar-refractivity contribution >= 4 is 0 Å². The van der Waals surface area contributed by atoms with Crippen LogP contribution in [0.3, 0.4) is 0 Å². The summed E-state index contributed by atoms with van der Waals surface area (Å²) in [6, 6.07) is 3.89. The van der Waals surface area contributed by atoms with Crippen LogP contribution in [0.1, 0.15) is 0 Å². The molecule has 1 nitrogen and oxygen atoms in total. The molecular formula is C4H5KN+. The molecule has 0 amide bonds. The predicted octanol–water partition coefficient (Wildman–Crippen LogP) is -1.98. The number of H-pyrrole nitrogens is 1. The molecule has 0 saturated heterocycles. The standard InChI is InChI=1S/C4H5N.K/c1-2-4-5-3-1;/h1-5H;/q;+1. The average molecular weight is 106 g/mol. The van der Waals surface area contributed by atoms with Crippen molar-refractivity contribution in [3.63, 3.8) is 0 Å². The maximum Gasteiger partial charge on any atom is 1.00 e. The first kappa shape index (κ1) is 6.92. The summed E-state index contributed by atoms with van der Waals surface area (Å²) in [6.07, 6.45) is 3.75. The number of aromatic nitrogens is 1. The Morgan fingerprint density at radius 3 is 1.67 bits per heavy atom. The first-order valence-electron chi connectivity index (χ1n) is 1.58. The van der Waals surface area contributed by atoms with E-state index in [1.54, 1.807) is 0 Å². The van der Waals surface area contributed by atoms with Crippen molar-refractivity contribution in [2.24, 2.45) is 0 Å². The number of rotatable bonds is 0. The van der Waals surface area contributed by atoms with Crippen molar-refractivity contribution in [3.05, 3.63) is 24.5 Å². The molecule has 0 unspecified atom stereocenters. The summed E-state index contributed by atoms with van der Waals surface area (Å²) in [5.41, 5.74) is 0. The first-order chi connectivity index (χ1) is 2.50. The normalized spacial score (nSPS) is 6.67. The number of aromatic amines is 1. The van der Waals surface area contributed by atoms with Crippen molar-refractivity contribution in [1.29, 1.82) is 0 Å². The van der Waals surface area contributed by atoms with Gasteiger partial charge in [0, 0.05) is 12.4 Å². The molecule has 0 aromatic carbocycles. The molecule has 0 saturated carbocycles. The van der Waals surface area contributed by atoms with Gasteiger partial charge in [-0.2, -0.15) is 0 Å². The molecule has 1 heterocycles. The summed E-state index contributed by atoms with van der Waals surface area (Å²) in [4.78, 5) is 2.86. The molecule has 1 aromatic heterocycles. The molecule has 0 atom stereocenters. The molecule has 1 N–H and O–H groups in total. The number of hydrogen-bond donors (Lipinski definition) is 1. The van der Waals surface area contributed by atoms with Crippen molar-refractivity contribution in [3.8, 4) is 0 Å². The van der Waals surface area contributed by atoms with Gasteiger partial charge in [0.25, 0.3) is 0 Å². The van der Waals surface area contributed by atoms with Crippen LogP contribution >= 0.6 is 0 Å². The Balaban J connectivity index is 0.000000250. The fraction of sp³-hybridized carbons (Fsp3) is 0. The van der Waals surface area contributed by atoms with Gasteiger partial charge in [-0.05, 0) is 12.1 Å². The van der Waals surface area contributed by atoms with Crippen molar-refractivity contribution in [2.45, 2.75) is 0 Å². The molecule has 1 aromatic rings. The molecule has 0 aliphatic carbocycles. The Bertz CT molecular complexity index is 64.0. The number of hydrogen-bond acceptors (Lipinski definition) is 0. The monoisotopic (exact) mass is 106 g/mol. The van der Waals surface area contributed by atoms with Crippen LogP contribution in [-0.2, 0) is 0 Å². The van der Waals surface area contributed by atoms with Gasteiger partial charge in [0.15, 0.2) is 0 Å². The predicted molar refractivity (Wildman–Crippen MR) is 20.8 cm³/mol. The van der Waals surface area contributed by atoms with Crippen molar-refractivity contribution in [1.82, 2.24) is 4.98 Å². The minimum absolute atomic E-state index is 0. The van der Waals surface area contributed by atoms with Crippen LogP contribution < -0.4 is 51.4 Å². The van der Waals surface area contributed by atoms with E-state index in [4.69, 9.17) is 0 Å². The topological polar surface area (TPSA) is 15.8 Å². The van der Waals surface area contributed by atoms with Crippen molar-refractivity contribution < 1.29 is 51.4 Å². The molecule has 0 fully saturated rings. The van der Waals surface area contributed by atoms with Crippen LogP contribution in [0.5, 0.6) is 0 Å². The fourth-order valence-electron chi connectivity index (χ4n) is 0.278. The van der Waals surface area contributed by atoms with Gasteiger partial charge in [0.1, 0.15) is 0 Å². The molecule has 26 valence electrons. The third-order valence-corrected chi connectivity index (χ3v) is 0.496. The van der Waals surface area contributed by atoms with E-state index >= 15 is 0 Å². The molecule has 0 aliphatic heterocycles. The zero-order chi connectivity index (χ0) is 3.54. The van der Waals surface area contributed by atoms with Gasteiger partial charge in [-0.15, -0.1) is 0 Å². The van der Waals surface area contributed by atoms with E-state index in [1.807, 2.05) is 24.5 Å². The van der Waals surface area contributed by atoms with Gasteiger partial charge >= 0.3 is 51.4 Å². The summed E-state index contributed by atoms with van der Waals surface area (Å²) in [5, 5.41) is 0. The van der Waals surface area contributed by atoms with Gasteiger partial charge in [-0.25, -0.2) is 0 Å². The van der Waals surface area contributed by atoms with E-state index in [-0.39, 0.29) is 51.4 Å². The SMILES string of the molecule is [K+].c1cc[nH]c1. The van der Waals surface area contributed by atoms with Gasteiger partial charge in [0.2, 0.25) is 0 Å². The molecule has 0 spiro atoms. The quantitative estimate of drug-likeness (QED) is 0.369. The second kappa shape index (κ2) is 4.09. The van der Waals surface area contributed by atoms with Gasteiger partial charge < -0.3 is 4.98 Å². The van der Waals surface area contributed by atoms with Gasteiger partial charge in [-0.3, -0.25) is 0 Å². The van der Waals surface area contributed by atoms with Crippen LogP contribution in [0.2, 0.25) is 0 Å². The molecule has 0 bridgehead atoms. The third kappa shape index (κ3) is 2.15. The molecule has 2 heteroatoms. The Hall–Kier alpha value is 0.916. The van der Waals surface area contributed by atoms with Crippen LogP contribution in [0.4, 0.5) is 0 Å². The second-order valence-corrected chi connectivity index (χ2v) is 0.885. The molecule has 1 rings (SSSR count). The average Bonchev–Trinajstić information content (AvgIpc) is 1.76. The Kier molecular flexibility index (Phi) is 4.71. The van der Waals surface area contributed by atoms with Gasteiger partial charge in [-0.1, -0.05) is 0 Å². The smallest absolute Gasteiger partial charge is 0.368 e. The maximum atomic E-state index is 2.86. The van der Waals surface area contributed by atoms with Crippen LogP contribution in [0.25, 0.3) is 0 Å². The van der Waals surface area contributed by atoms with Crippen molar-refractivity contribution in [2.75, 3.05) is 0 Å². The van der Waals surface area contributed by atoms with E-state index in [2.05, 4.69) is 4.98 Å². The minimum Gasteiger partial charge on any atom is -0.368 e. The molecule has 6 heavy (non-hydrogen) atoms. The van der Waals surface area contributed by atoms with Gasteiger partial charge in [0.05, 0.1) is 0 Å². The maximum absolute atomic E-state index is 2.86. The van der Waals surface area contributed by atoms with Crippen LogP contribution in [-0.4, -0.2) is 4.98 Å². The van der Waals surface area contributed by atoms with E-state index in [0.717, 1.165) is 0 Å².